The van der Waals surface area contributed by atoms with E-state index in [-0.39, 0.29) is 6.04 Å². The third-order valence-corrected chi connectivity index (χ3v) is 6.39. The predicted octanol–water partition coefficient (Wildman–Crippen LogP) is 5.87. The highest BCUT2D eigenvalue weighted by atomic mass is 16.5. The minimum atomic E-state index is 0.226. The summed E-state index contributed by atoms with van der Waals surface area (Å²) in [7, 11) is 1.71. The van der Waals surface area contributed by atoms with Crippen molar-refractivity contribution in [2.75, 3.05) is 30.4 Å². The molecule has 32 heavy (non-hydrogen) atoms. The first-order chi connectivity index (χ1) is 15.8. The van der Waals surface area contributed by atoms with E-state index < -0.39 is 0 Å². The second kappa shape index (κ2) is 8.95. The first-order valence-electron chi connectivity index (χ1n) is 11.5. The van der Waals surface area contributed by atoms with Gasteiger partial charge in [0.2, 0.25) is 5.95 Å². The summed E-state index contributed by atoms with van der Waals surface area (Å²) in [5.74, 6) is 1.79. The van der Waals surface area contributed by atoms with E-state index in [1.165, 1.54) is 16.8 Å². The van der Waals surface area contributed by atoms with Gasteiger partial charge < -0.3 is 19.5 Å². The first kappa shape index (κ1) is 20.4. The van der Waals surface area contributed by atoms with Crippen LogP contribution in [-0.2, 0) is 6.54 Å². The van der Waals surface area contributed by atoms with Gasteiger partial charge in [-0.05, 0) is 61.2 Å². The van der Waals surface area contributed by atoms with Gasteiger partial charge in [0.1, 0.15) is 5.75 Å². The Morgan fingerprint density at radius 1 is 1.03 bits per heavy atom. The molecule has 5 heteroatoms. The molecule has 1 unspecified atom stereocenters. The average Bonchev–Trinajstić information content (AvgIpc) is 3.07. The van der Waals surface area contributed by atoms with Gasteiger partial charge in [0.05, 0.1) is 30.7 Å². The van der Waals surface area contributed by atoms with Crippen LogP contribution in [0.4, 0.5) is 11.6 Å². The predicted molar refractivity (Wildman–Crippen MR) is 132 cm³/mol. The number of anilines is 2. The molecule has 164 valence electrons. The molecule has 3 aromatic carbocycles. The van der Waals surface area contributed by atoms with Crippen molar-refractivity contribution < 1.29 is 4.74 Å². The van der Waals surface area contributed by atoms with Gasteiger partial charge in [0.25, 0.3) is 0 Å². The third kappa shape index (κ3) is 3.91. The molecular weight excluding hydrogens is 396 g/mol. The second-order valence-electron chi connectivity index (χ2n) is 8.34. The number of fused-ring (bicyclic) bond motifs is 2. The van der Waals surface area contributed by atoms with Crippen LogP contribution in [0.15, 0.2) is 72.8 Å². The Bertz CT molecular complexity index is 1220. The zero-order valence-corrected chi connectivity index (χ0v) is 18.8. The fraction of sp³-hybridized carbons (Fsp3) is 0.296. The number of aromatic nitrogens is 2. The molecule has 1 aliphatic rings. The molecule has 1 N–H and O–H groups in total. The smallest absolute Gasteiger partial charge is 0.204 e. The van der Waals surface area contributed by atoms with Crippen LogP contribution in [-0.4, -0.2) is 29.8 Å². The molecule has 5 rings (SSSR count). The standard InChI is InChI=1S/C27H30N4O/c1-3-30-17-9-14-23(22-12-4-6-15-25(22)30)28-27-29-24-13-5-7-16-26(24)31(27)19-20-10-8-11-21(18-20)32-2/h4-8,10-13,15-16,18,23H,3,9,14,17,19H2,1-2H3,(H,28,29). The fourth-order valence-electron chi connectivity index (χ4n) is 4.77. The van der Waals surface area contributed by atoms with Crippen LogP contribution in [0.2, 0.25) is 0 Å². The van der Waals surface area contributed by atoms with E-state index in [0.29, 0.717) is 0 Å². The molecule has 1 aromatic heterocycles. The van der Waals surface area contributed by atoms with E-state index in [9.17, 15) is 0 Å². The van der Waals surface area contributed by atoms with Crippen LogP contribution < -0.4 is 15.0 Å². The van der Waals surface area contributed by atoms with Gasteiger partial charge in [-0.25, -0.2) is 4.98 Å². The van der Waals surface area contributed by atoms with Crippen LogP contribution >= 0.6 is 0 Å². The van der Waals surface area contributed by atoms with E-state index >= 15 is 0 Å². The van der Waals surface area contributed by atoms with Crippen molar-refractivity contribution in [3.63, 3.8) is 0 Å². The normalized spacial score (nSPS) is 15.9. The Balaban J connectivity index is 1.54. The van der Waals surface area contributed by atoms with E-state index in [1.807, 2.05) is 12.1 Å². The Morgan fingerprint density at radius 3 is 2.75 bits per heavy atom. The molecule has 5 nitrogen and oxygen atoms in total. The lowest BCUT2D eigenvalue weighted by atomic mass is 10.0. The van der Waals surface area contributed by atoms with Gasteiger partial charge in [0.15, 0.2) is 0 Å². The number of imidazole rings is 1. The molecule has 2 heterocycles. The van der Waals surface area contributed by atoms with Crippen molar-refractivity contribution in [1.82, 2.24) is 9.55 Å². The third-order valence-electron chi connectivity index (χ3n) is 6.39. The second-order valence-corrected chi connectivity index (χ2v) is 8.34. The summed E-state index contributed by atoms with van der Waals surface area (Å²) in [5.41, 5.74) is 6.02. The zero-order valence-electron chi connectivity index (χ0n) is 18.8. The molecule has 0 aliphatic carbocycles. The summed E-state index contributed by atoms with van der Waals surface area (Å²) >= 11 is 0. The molecule has 0 radical (unpaired) electrons. The number of para-hydroxylation sites is 3. The summed E-state index contributed by atoms with van der Waals surface area (Å²) in [6.45, 7) is 5.08. The van der Waals surface area contributed by atoms with Gasteiger partial charge in [-0.3, -0.25) is 0 Å². The molecule has 0 bridgehead atoms. The molecular formula is C27H30N4O. The molecule has 1 atom stereocenters. The zero-order chi connectivity index (χ0) is 21.9. The summed E-state index contributed by atoms with van der Waals surface area (Å²) in [4.78, 5) is 7.48. The SMILES string of the molecule is CCN1CCCC(Nc2nc3ccccc3n2Cc2cccc(OC)c2)c2ccccc21. The maximum absolute atomic E-state index is 5.44. The Kier molecular flexibility index (Phi) is 5.71. The molecule has 4 aromatic rings. The number of rotatable bonds is 6. The van der Waals surface area contributed by atoms with Gasteiger partial charge >= 0.3 is 0 Å². The van der Waals surface area contributed by atoms with Crippen LogP contribution in [0.25, 0.3) is 11.0 Å². The number of nitrogens with zero attached hydrogens (tertiary/aromatic N) is 3. The van der Waals surface area contributed by atoms with E-state index in [2.05, 4.69) is 82.4 Å². The fourth-order valence-corrected chi connectivity index (χ4v) is 4.77. The number of methoxy groups -OCH3 is 1. The highest BCUT2D eigenvalue weighted by Crippen LogP contribution is 2.35. The van der Waals surface area contributed by atoms with Crippen LogP contribution in [0, 0.1) is 0 Å². The van der Waals surface area contributed by atoms with Gasteiger partial charge in [-0.15, -0.1) is 0 Å². The molecule has 0 fully saturated rings. The quantitative estimate of drug-likeness (QED) is 0.419. The molecule has 0 spiro atoms. The molecule has 1 aliphatic heterocycles. The van der Waals surface area contributed by atoms with Crippen molar-refractivity contribution in [1.29, 1.82) is 0 Å². The lowest BCUT2D eigenvalue weighted by Crippen LogP contribution is -2.23. The Labute approximate surface area is 189 Å². The van der Waals surface area contributed by atoms with Crippen molar-refractivity contribution >= 4 is 22.7 Å². The monoisotopic (exact) mass is 426 g/mol. The topological polar surface area (TPSA) is 42.3 Å². The number of nitrogens with one attached hydrogen (secondary N) is 1. The maximum Gasteiger partial charge on any atom is 0.204 e. The van der Waals surface area contributed by atoms with Crippen LogP contribution in [0.3, 0.4) is 0 Å². The summed E-state index contributed by atoms with van der Waals surface area (Å²) in [6.07, 6.45) is 2.23. The van der Waals surface area contributed by atoms with Crippen LogP contribution in [0.5, 0.6) is 5.75 Å². The van der Waals surface area contributed by atoms with Crippen molar-refractivity contribution in [2.24, 2.45) is 0 Å². The highest BCUT2D eigenvalue weighted by molar-refractivity contribution is 5.79. The van der Waals surface area contributed by atoms with Crippen molar-refractivity contribution in [3.8, 4) is 5.75 Å². The Hall–Kier alpha value is -3.47. The number of ether oxygens (including phenoxy) is 1. The molecule has 0 saturated heterocycles. The Morgan fingerprint density at radius 2 is 1.88 bits per heavy atom. The minimum Gasteiger partial charge on any atom is -0.497 e. The first-order valence-corrected chi connectivity index (χ1v) is 11.5. The lowest BCUT2D eigenvalue weighted by Gasteiger charge is -2.25. The summed E-state index contributed by atoms with van der Waals surface area (Å²) in [6, 6.07) is 25.6. The molecule has 0 amide bonds. The van der Waals surface area contributed by atoms with Crippen molar-refractivity contribution in [3.05, 3.63) is 83.9 Å². The van der Waals surface area contributed by atoms with Gasteiger partial charge in [-0.1, -0.05) is 42.5 Å². The van der Waals surface area contributed by atoms with Crippen LogP contribution in [0.1, 0.15) is 36.9 Å². The van der Waals surface area contributed by atoms with E-state index in [4.69, 9.17) is 9.72 Å². The maximum atomic E-state index is 5.44. The summed E-state index contributed by atoms with van der Waals surface area (Å²) in [5, 5.41) is 3.82. The van der Waals surface area contributed by atoms with E-state index in [0.717, 1.165) is 55.2 Å². The average molecular weight is 427 g/mol. The van der Waals surface area contributed by atoms with Gasteiger partial charge in [-0.2, -0.15) is 0 Å². The molecule has 0 saturated carbocycles. The minimum absolute atomic E-state index is 0.226. The van der Waals surface area contributed by atoms with Crippen molar-refractivity contribution in [2.45, 2.75) is 32.4 Å². The number of hydrogen-bond acceptors (Lipinski definition) is 4. The largest absolute Gasteiger partial charge is 0.497 e. The lowest BCUT2D eigenvalue weighted by molar-refractivity contribution is 0.414. The van der Waals surface area contributed by atoms with E-state index in [1.54, 1.807) is 7.11 Å². The van der Waals surface area contributed by atoms with Gasteiger partial charge in [0, 0.05) is 18.8 Å². The highest BCUT2D eigenvalue weighted by Gasteiger charge is 2.24. The summed E-state index contributed by atoms with van der Waals surface area (Å²) < 4.78 is 7.73. The number of benzene rings is 3. The number of hydrogen-bond donors (Lipinski definition) is 1.